The van der Waals surface area contributed by atoms with Crippen molar-refractivity contribution in [1.82, 2.24) is 4.72 Å². The topological polar surface area (TPSA) is 98.5 Å². The summed E-state index contributed by atoms with van der Waals surface area (Å²) < 4.78 is 32.1. The average Bonchev–Trinajstić information content (AvgIpc) is 2.95. The Kier molecular flexibility index (Phi) is 4.24. The van der Waals surface area contributed by atoms with E-state index in [2.05, 4.69) is 4.72 Å². The van der Waals surface area contributed by atoms with Gasteiger partial charge in [0, 0.05) is 18.0 Å². The van der Waals surface area contributed by atoms with Crippen molar-refractivity contribution >= 4 is 27.3 Å². The van der Waals surface area contributed by atoms with Gasteiger partial charge in [-0.1, -0.05) is 0 Å². The quantitative estimate of drug-likeness (QED) is 0.832. The van der Waals surface area contributed by atoms with Gasteiger partial charge in [0.05, 0.1) is 15.9 Å². The fraction of sp³-hybridized carbons (Fsp3) is 0.545. The Balaban J connectivity index is 2.12. The molecule has 0 saturated carbocycles. The van der Waals surface area contributed by atoms with E-state index >= 15 is 0 Å². The summed E-state index contributed by atoms with van der Waals surface area (Å²) in [6.45, 7) is 2.58. The standard InChI is InChI=1S/C11H16N2O4S2/c1-7-10(5-9(18-7)11(12)14)19(15,16)13-6-8-3-2-4-17-8/h5,8,13H,2-4,6H2,1H3,(H2,12,14)/t8-/m0/s1. The molecule has 0 aliphatic carbocycles. The number of amides is 1. The zero-order valence-corrected chi connectivity index (χ0v) is 12.1. The minimum absolute atomic E-state index is 0.0654. The second-order valence-corrected chi connectivity index (χ2v) is 7.37. The number of sulfonamides is 1. The van der Waals surface area contributed by atoms with Crippen LogP contribution in [0.5, 0.6) is 0 Å². The number of hydrogen-bond acceptors (Lipinski definition) is 5. The van der Waals surface area contributed by atoms with Crippen LogP contribution in [0.3, 0.4) is 0 Å². The van der Waals surface area contributed by atoms with Gasteiger partial charge in [-0.3, -0.25) is 4.79 Å². The minimum atomic E-state index is -3.62. The van der Waals surface area contributed by atoms with Gasteiger partial charge in [-0.05, 0) is 25.8 Å². The van der Waals surface area contributed by atoms with Crippen LogP contribution in [0.1, 0.15) is 27.4 Å². The van der Waals surface area contributed by atoms with Crippen LogP contribution in [-0.2, 0) is 14.8 Å². The third kappa shape index (κ3) is 3.33. The Morgan fingerprint density at radius 3 is 2.89 bits per heavy atom. The molecule has 0 unspecified atom stereocenters. The molecule has 3 N–H and O–H groups in total. The molecule has 6 nitrogen and oxygen atoms in total. The van der Waals surface area contributed by atoms with Crippen LogP contribution in [0, 0.1) is 6.92 Å². The smallest absolute Gasteiger partial charge is 0.258 e. The maximum Gasteiger partial charge on any atom is 0.258 e. The summed E-state index contributed by atoms with van der Waals surface area (Å²) in [5.74, 6) is -0.617. The molecule has 0 bridgehead atoms. The molecule has 19 heavy (non-hydrogen) atoms. The van der Waals surface area contributed by atoms with Crippen LogP contribution in [0.15, 0.2) is 11.0 Å². The van der Waals surface area contributed by atoms with E-state index in [0.717, 1.165) is 24.2 Å². The summed E-state index contributed by atoms with van der Waals surface area (Å²) in [6, 6.07) is 1.32. The Labute approximate surface area is 116 Å². The predicted molar refractivity (Wildman–Crippen MR) is 71.7 cm³/mol. The van der Waals surface area contributed by atoms with Crippen molar-refractivity contribution in [2.75, 3.05) is 13.2 Å². The molecule has 0 aromatic carbocycles. The van der Waals surface area contributed by atoms with E-state index in [1.165, 1.54) is 6.07 Å². The van der Waals surface area contributed by atoms with Crippen molar-refractivity contribution in [3.63, 3.8) is 0 Å². The second kappa shape index (κ2) is 5.58. The highest BCUT2D eigenvalue weighted by Crippen LogP contribution is 2.25. The number of ether oxygens (including phenoxy) is 1. The summed E-state index contributed by atoms with van der Waals surface area (Å²) in [5.41, 5.74) is 5.15. The number of carbonyl (C=O) groups is 1. The molecule has 8 heteroatoms. The van der Waals surface area contributed by atoms with Gasteiger partial charge in [-0.15, -0.1) is 11.3 Å². The minimum Gasteiger partial charge on any atom is -0.377 e. The lowest BCUT2D eigenvalue weighted by molar-refractivity contribution is 0.100. The number of nitrogens with two attached hydrogens (primary N) is 1. The van der Waals surface area contributed by atoms with Gasteiger partial charge < -0.3 is 10.5 Å². The summed E-state index contributed by atoms with van der Waals surface area (Å²) in [6.07, 6.45) is 1.75. The fourth-order valence-electron chi connectivity index (χ4n) is 1.94. The molecule has 1 aliphatic heterocycles. The van der Waals surface area contributed by atoms with Crippen LogP contribution in [0.2, 0.25) is 0 Å². The Hall–Kier alpha value is -0.960. The number of thiophene rings is 1. The molecule has 2 rings (SSSR count). The largest absolute Gasteiger partial charge is 0.377 e. The number of rotatable bonds is 5. The lowest BCUT2D eigenvalue weighted by Crippen LogP contribution is -2.31. The fourth-order valence-corrected chi connectivity index (χ4v) is 4.45. The SMILES string of the molecule is Cc1sc(C(N)=O)cc1S(=O)(=O)NC[C@@H]1CCCO1. The highest BCUT2D eigenvalue weighted by Gasteiger charge is 2.24. The number of primary amides is 1. The van der Waals surface area contributed by atoms with E-state index < -0.39 is 15.9 Å². The zero-order chi connectivity index (χ0) is 14.0. The van der Waals surface area contributed by atoms with E-state index in [9.17, 15) is 13.2 Å². The number of aryl methyl sites for hydroxylation is 1. The summed E-state index contributed by atoms with van der Waals surface area (Å²) in [4.78, 5) is 12.0. The third-order valence-electron chi connectivity index (χ3n) is 2.93. The van der Waals surface area contributed by atoms with E-state index in [1.54, 1.807) is 6.92 Å². The molecule has 2 heterocycles. The molecule has 1 saturated heterocycles. The molecule has 1 aliphatic rings. The van der Waals surface area contributed by atoms with Crippen molar-refractivity contribution < 1.29 is 17.9 Å². The Morgan fingerprint density at radius 2 is 2.37 bits per heavy atom. The maximum absolute atomic E-state index is 12.1. The van der Waals surface area contributed by atoms with Crippen LogP contribution < -0.4 is 10.5 Å². The van der Waals surface area contributed by atoms with E-state index in [1.807, 2.05) is 0 Å². The summed E-state index contributed by atoms with van der Waals surface area (Å²) in [5, 5.41) is 0. The molecule has 0 radical (unpaired) electrons. The summed E-state index contributed by atoms with van der Waals surface area (Å²) in [7, 11) is -3.62. The van der Waals surface area contributed by atoms with Crippen molar-refractivity contribution in [2.24, 2.45) is 5.73 Å². The molecule has 1 amide bonds. The number of hydrogen-bond donors (Lipinski definition) is 2. The first-order valence-corrected chi connectivity index (χ1v) is 8.21. The number of nitrogens with one attached hydrogen (secondary N) is 1. The van der Waals surface area contributed by atoms with Gasteiger partial charge in [0.1, 0.15) is 0 Å². The molecular weight excluding hydrogens is 288 g/mol. The normalized spacial score (nSPS) is 19.7. The first kappa shape index (κ1) is 14.4. The van der Waals surface area contributed by atoms with Gasteiger partial charge in [0.2, 0.25) is 10.0 Å². The molecule has 1 fully saturated rings. The van der Waals surface area contributed by atoms with Gasteiger partial charge in [0.15, 0.2) is 0 Å². The lowest BCUT2D eigenvalue weighted by atomic mass is 10.2. The Bertz CT molecular complexity index is 574. The third-order valence-corrected chi connectivity index (χ3v) is 5.67. The van der Waals surface area contributed by atoms with E-state index in [-0.39, 0.29) is 22.4 Å². The monoisotopic (exact) mass is 304 g/mol. The van der Waals surface area contributed by atoms with E-state index in [4.69, 9.17) is 10.5 Å². The summed E-state index contributed by atoms with van der Waals surface area (Å²) >= 11 is 1.08. The van der Waals surface area contributed by atoms with Crippen molar-refractivity contribution in [3.8, 4) is 0 Å². The van der Waals surface area contributed by atoms with Crippen molar-refractivity contribution in [3.05, 3.63) is 15.8 Å². The molecule has 106 valence electrons. The maximum atomic E-state index is 12.1. The zero-order valence-electron chi connectivity index (χ0n) is 10.5. The molecular formula is C11H16N2O4S2. The van der Waals surface area contributed by atoms with Crippen LogP contribution in [-0.4, -0.2) is 33.6 Å². The van der Waals surface area contributed by atoms with Gasteiger partial charge >= 0.3 is 0 Å². The van der Waals surface area contributed by atoms with Gasteiger partial charge in [-0.2, -0.15) is 0 Å². The Morgan fingerprint density at radius 1 is 1.63 bits per heavy atom. The van der Waals surface area contributed by atoms with Crippen LogP contribution >= 0.6 is 11.3 Å². The van der Waals surface area contributed by atoms with Crippen LogP contribution in [0.25, 0.3) is 0 Å². The van der Waals surface area contributed by atoms with Crippen LogP contribution in [0.4, 0.5) is 0 Å². The highest BCUT2D eigenvalue weighted by atomic mass is 32.2. The average molecular weight is 304 g/mol. The van der Waals surface area contributed by atoms with Crippen molar-refractivity contribution in [2.45, 2.75) is 30.8 Å². The molecule has 0 spiro atoms. The first-order valence-electron chi connectivity index (χ1n) is 5.91. The highest BCUT2D eigenvalue weighted by molar-refractivity contribution is 7.89. The first-order chi connectivity index (χ1) is 8.90. The lowest BCUT2D eigenvalue weighted by Gasteiger charge is -2.11. The number of carbonyl (C=O) groups excluding carboxylic acids is 1. The molecule has 1 aromatic rings. The van der Waals surface area contributed by atoms with Gasteiger partial charge in [0.25, 0.3) is 5.91 Å². The van der Waals surface area contributed by atoms with Gasteiger partial charge in [-0.25, -0.2) is 13.1 Å². The molecule has 1 atom stereocenters. The molecule has 1 aromatic heterocycles. The second-order valence-electron chi connectivity index (χ2n) is 4.38. The van der Waals surface area contributed by atoms with E-state index in [0.29, 0.717) is 11.5 Å². The predicted octanol–water partition coefficient (Wildman–Crippen LogP) is 0.613. The van der Waals surface area contributed by atoms with Crippen molar-refractivity contribution in [1.29, 1.82) is 0 Å².